The quantitative estimate of drug-likeness (QED) is 0.108. The molecule has 21 rings (SSSR count). The number of hydrogen-bond acceptors (Lipinski definition) is 8. The lowest BCUT2D eigenvalue weighted by Gasteiger charge is -2.27. The van der Waals surface area contributed by atoms with Crippen LogP contribution in [0.15, 0.2) is 409 Å². The molecular weight excluding hydrogens is 1350 g/mol. The van der Waals surface area contributed by atoms with Crippen LogP contribution < -0.4 is 19.6 Å². The van der Waals surface area contributed by atoms with Crippen LogP contribution in [0.1, 0.15) is 0 Å². The Morgan fingerprint density at radius 1 is 0.185 bits per heavy atom. The second-order valence-corrected chi connectivity index (χ2v) is 29.2. The number of thiophene rings is 2. The maximum Gasteiger partial charge on any atom is 0.137 e. The van der Waals surface area contributed by atoms with Crippen molar-refractivity contribution < 1.29 is 8.83 Å². The minimum atomic E-state index is 0.845. The van der Waals surface area contributed by atoms with Gasteiger partial charge in [-0.1, -0.05) is 218 Å². The number of nitrogens with zero attached hydrogens (tertiary/aromatic N) is 4. The zero-order chi connectivity index (χ0) is 71.4. The number of benzene rings is 17. The average Bonchev–Trinajstić information content (AvgIpc) is 1.54. The van der Waals surface area contributed by atoms with Crippen LogP contribution in [0.3, 0.4) is 0 Å². The van der Waals surface area contributed by atoms with Gasteiger partial charge in [-0.3, -0.25) is 0 Å². The summed E-state index contributed by atoms with van der Waals surface area (Å²) >= 11 is 3.72. The molecule has 0 aliphatic rings. The van der Waals surface area contributed by atoms with Gasteiger partial charge in [-0.25, -0.2) is 0 Å². The van der Waals surface area contributed by atoms with Crippen LogP contribution in [0.4, 0.5) is 68.2 Å². The monoisotopic (exact) mass is 1420 g/mol. The Kier molecular flexibility index (Phi) is 16.2. The molecule has 0 fully saturated rings. The molecule has 8 heteroatoms. The molecule has 0 amide bonds. The average molecular weight is 1420 g/mol. The van der Waals surface area contributed by atoms with Gasteiger partial charge in [0, 0.05) is 147 Å². The van der Waals surface area contributed by atoms with E-state index in [-0.39, 0.29) is 0 Å². The topological polar surface area (TPSA) is 39.2 Å². The summed E-state index contributed by atoms with van der Waals surface area (Å²) in [6.07, 6.45) is 0. The molecule has 0 atom stereocenters. The van der Waals surface area contributed by atoms with E-state index in [1.165, 1.54) is 73.4 Å². The van der Waals surface area contributed by atoms with E-state index in [0.29, 0.717) is 0 Å². The van der Waals surface area contributed by atoms with E-state index in [2.05, 4.69) is 420 Å². The van der Waals surface area contributed by atoms with Crippen molar-refractivity contribution in [2.24, 2.45) is 0 Å². The third-order valence-corrected chi connectivity index (χ3v) is 23.0. The van der Waals surface area contributed by atoms with Gasteiger partial charge >= 0.3 is 0 Å². The van der Waals surface area contributed by atoms with Crippen molar-refractivity contribution >= 4 is 186 Å². The van der Waals surface area contributed by atoms with Crippen molar-refractivity contribution in [3.63, 3.8) is 0 Å². The fourth-order valence-corrected chi connectivity index (χ4v) is 18.0. The Morgan fingerprint density at radius 3 is 1.09 bits per heavy atom. The van der Waals surface area contributed by atoms with Crippen molar-refractivity contribution in [3.8, 4) is 22.3 Å². The van der Waals surface area contributed by atoms with Gasteiger partial charge in [0.15, 0.2) is 0 Å². The van der Waals surface area contributed by atoms with Gasteiger partial charge in [0.1, 0.15) is 22.3 Å². The number of anilines is 12. The Labute approximate surface area is 632 Å². The fraction of sp³-hybridized carbons (Fsp3) is 0. The number of rotatable bonds is 14. The lowest BCUT2D eigenvalue weighted by atomic mass is 9.99. The predicted octanol–water partition coefficient (Wildman–Crippen LogP) is 30.3. The van der Waals surface area contributed by atoms with Crippen LogP contribution in [0.5, 0.6) is 0 Å². The van der Waals surface area contributed by atoms with Gasteiger partial charge < -0.3 is 28.4 Å². The summed E-state index contributed by atoms with van der Waals surface area (Å²) in [5, 5.41) is 11.9. The van der Waals surface area contributed by atoms with Crippen molar-refractivity contribution in [3.05, 3.63) is 400 Å². The number of para-hydroxylation sites is 5. The highest BCUT2D eigenvalue weighted by Crippen LogP contribution is 2.50. The molecular formula is C100H66N4O2S2. The van der Waals surface area contributed by atoms with E-state index in [1.54, 1.807) is 0 Å². The molecule has 4 aromatic heterocycles. The smallest absolute Gasteiger partial charge is 0.137 e. The molecule has 0 N–H and O–H groups in total. The number of furan rings is 2. The molecule has 108 heavy (non-hydrogen) atoms. The molecule has 21 aromatic rings. The Bertz CT molecular complexity index is 6830. The van der Waals surface area contributed by atoms with E-state index in [0.717, 1.165) is 112 Å². The predicted molar refractivity (Wildman–Crippen MR) is 460 cm³/mol. The van der Waals surface area contributed by atoms with Crippen LogP contribution >= 0.6 is 22.7 Å². The largest absolute Gasteiger partial charge is 0.456 e. The van der Waals surface area contributed by atoms with Gasteiger partial charge in [0.05, 0.1) is 5.69 Å². The second-order valence-electron chi connectivity index (χ2n) is 27.1. The zero-order valence-electron chi connectivity index (χ0n) is 58.5. The normalized spacial score (nSPS) is 11.5. The van der Waals surface area contributed by atoms with E-state index in [9.17, 15) is 0 Å². The van der Waals surface area contributed by atoms with Crippen LogP contribution in [-0.2, 0) is 0 Å². The lowest BCUT2D eigenvalue weighted by molar-refractivity contribution is 0.668. The van der Waals surface area contributed by atoms with Gasteiger partial charge in [-0.2, -0.15) is 0 Å². The summed E-state index contributed by atoms with van der Waals surface area (Å²) in [4.78, 5) is 9.31. The van der Waals surface area contributed by atoms with E-state index in [1.807, 2.05) is 22.7 Å². The van der Waals surface area contributed by atoms with Crippen molar-refractivity contribution in [1.82, 2.24) is 0 Å². The van der Waals surface area contributed by atoms with Crippen LogP contribution in [-0.4, -0.2) is 0 Å². The first kappa shape index (κ1) is 63.9. The molecule has 0 radical (unpaired) electrons. The minimum absolute atomic E-state index is 0.845. The molecule has 0 aliphatic carbocycles. The van der Waals surface area contributed by atoms with Gasteiger partial charge in [-0.05, 0) is 192 Å². The molecule has 0 saturated carbocycles. The Hall–Kier alpha value is -13.8. The highest BCUT2D eigenvalue weighted by molar-refractivity contribution is 7.27. The van der Waals surface area contributed by atoms with Gasteiger partial charge in [0.2, 0.25) is 0 Å². The zero-order valence-corrected chi connectivity index (χ0v) is 60.2. The molecule has 0 bridgehead atoms. The first-order chi connectivity index (χ1) is 53.5. The number of hydrogen-bond donors (Lipinski definition) is 0. The van der Waals surface area contributed by atoms with E-state index < -0.39 is 0 Å². The maximum absolute atomic E-state index is 6.66. The third kappa shape index (κ3) is 11.6. The van der Waals surface area contributed by atoms with Crippen molar-refractivity contribution in [2.45, 2.75) is 0 Å². The first-order valence-electron chi connectivity index (χ1n) is 36.4. The summed E-state index contributed by atoms with van der Waals surface area (Å²) in [7, 11) is 0. The molecule has 0 spiro atoms. The molecule has 0 saturated heterocycles. The van der Waals surface area contributed by atoms with Crippen molar-refractivity contribution in [1.29, 1.82) is 0 Å². The molecule has 510 valence electrons. The highest BCUT2D eigenvalue weighted by atomic mass is 32.1. The summed E-state index contributed by atoms with van der Waals surface area (Å²) in [6, 6.07) is 143. The Morgan fingerprint density at radius 2 is 0.556 bits per heavy atom. The second kappa shape index (κ2) is 27.4. The SMILES string of the molecule is c1ccc(-c2ccc(N(c3ccccc3)c3ccc4oc5cc(N(c6ccccc6)c6ccc7sc8cccc(-c9ccccc9)c8c7c6)ccc5c4c3)cc2)cc1.c1ccc(N(c2ccccc2)c2ccc3oc4cc(N(c5ccccc5)c5cc6c7ccccc7sc6c6ccccc56)ccc4c3c2)cc1. The van der Waals surface area contributed by atoms with E-state index in [4.69, 9.17) is 8.83 Å². The maximum atomic E-state index is 6.66. The summed E-state index contributed by atoms with van der Waals surface area (Å²) in [5.74, 6) is 0. The van der Waals surface area contributed by atoms with Gasteiger partial charge in [-0.15, -0.1) is 22.7 Å². The Balaban J connectivity index is 0.000000144. The molecule has 6 nitrogen and oxygen atoms in total. The van der Waals surface area contributed by atoms with E-state index >= 15 is 0 Å². The molecule has 0 aliphatic heterocycles. The highest BCUT2D eigenvalue weighted by Gasteiger charge is 2.24. The molecule has 0 unspecified atom stereocenters. The third-order valence-electron chi connectivity index (χ3n) is 20.6. The molecule has 17 aromatic carbocycles. The summed E-state index contributed by atoms with van der Waals surface area (Å²) in [5.41, 5.74) is 21.3. The standard InChI is InChI=1S/C54H36N2OS.C46H30N2OS/c1-5-14-37(15-6-1)38-24-26-42(27-25-38)55(40-18-9-3-10-19-40)43-29-32-50-48(34-43)47-31-28-45(36-51(47)57-50)56(41-20-11-4-12-21-41)44-30-33-52-49(35-44)54-46(22-13-23-53(54)58-52)39-16-7-2-8-17-39;1-4-14-31(15-5-1)47(32-16-6-2-7-17-32)34-25-27-43-40(28-34)37-26-24-35(29-44(37)49-43)48(33-18-8-3-9-19-33)42-30-41-38-21-12-13-23-45(38)50-46(41)39-22-11-10-20-36(39)42/h1-36H;1-30H. The minimum Gasteiger partial charge on any atom is -0.456 e. The van der Waals surface area contributed by atoms with Crippen LogP contribution in [0.25, 0.3) is 117 Å². The summed E-state index contributed by atoms with van der Waals surface area (Å²) in [6.45, 7) is 0. The fourth-order valence-electron chi connectivity index (χ4n) is 15.7. The van der Waals surface area contributed by atoms with Gasteiger partial charge in [0.25, 0.3) is 0 Å². The van der Waals surface area contributed by atoms with Crippen LogP contribution in [0.2, 0.25) is 0 Å². The van der Waals surface area contributed by atoms with Crippen molar-refractivity contribution in [2.75, 3.05) is 19.6 Å². The lowest BCUT2D eigenvalue weighted by Crippen LogP contribution is -2.10. The summed E-state index contributed by atoms with van der Waals surface area (Å²) < 4.78 is 18.5. The number of fused-ring (bicyclic) bond motifs is 14. The van der Waals surface area contributed by atoms with Crippen LogP contribution in [0, 0.1) is 0 Å². The first-order valence-corrected chi connectivity index (χ1v) is 38.1. The molecule has 4 heterocycles.